The van der Waals surface area contributed by atoms with Crippen LogP contribution >= 0.6 is 27.5 Å². The Bertz CT molecular complexity index is 604. The van der Waals surface area contributed by atoms with E-state index in [1.165, 1.54) is 0 Å². The van der Waals surface area contributed by atoms with Crippen molar-refractivity contribution < 1.29 is 4.74 Å². The van der Waals surface area contributed by atoms with Gasteiger partial charge in [-0.2, -0.15) is 0 Å². The molecule has 0 radical (unpaired) electrons. The Morgan fingerprint density at radius 3 is 2.85 bits per heavy atom. The van der Waals surface area contributed by atoms with Crippen LogP contribution < -0.4 is 10.1 Å². The maximum atomic E-state index is 6.22. The van der Waals surface area contributed by atoms with E-state index >= 15 is 0 Å². The minimum absolute atomic E-state index is 0.424. The van der Waals surface area contributed by atoms with Gasteiger partial charge < -0.3 is 10.1 Å². The smallest absolute Gasteiger partial charge is 0.238 e. The molecular formula is C15H16BrClN2O. The first-order chi connectivity index (χ1) is 9.60. The largest absolute Gasteiger partial charge is 0.437 e. The molecule has 2 rings (SSSR count). The third kappa shape index (κ3) is 3.95. The predicted octanol–water partition coefficient (Wildman–Crippen LogP) is 4.71. The fraction of sp³-hybridized carbons (Fsp3) is 0.267. The molecule has 2 aromatic rings. The van der Waals surface area contributed by atoms with Gasteiger partial charge in [0, 0.05) is 17.2 Å². The van der Waals surface area contributed by atoms with Crippen LogP contribution in [0.25, 0.3) is 0 Å². The molecule has 3 nitrogen and oxygen atoms in total. The summed E-state index contributed by atoms with van der Waals surface area (Å²) >= 11 is 9.65. The zero-order chi connectivity index (χ0) is 14.5. The lowest BCUT2D eigenvalue weighted by Crippen LogP contribution is -2.11. The van der Waals surface area contributed by atoms with Crippen molar-refractivity contribution >= 4 is 27.5 Å². The van der Waals surface area contributed by atoms with Gasteiger partial charge in [-0.25, -0.2) is 4.98 Å². The average Bonchev–Trinajstić information content (AvgIpc) is 2.43. The van der Waals surface area contributed by atoms with Gasteiger partial charge in [0.25, 0.3) is 0 Å². The van der Waals surface area contributed by atoms with Crippen molar-refractivity contribution in [2.24, 2.45) is 0 Å². The van der Waals surface area contributed by atoms with E-state index in [2.05, 4.69) is 33.2 Å². The highest BCUT2D eigenvalue weighted by atomic mass is 79.9. The molecule has 1 heterocycles. The van der Waals surface area contributed by atoms with E-state index in [1.54, 1.807) is 6.20 Å². The third-order valence-corrected chi connectivity index (χ3v) is 3.56. The maximum Gasteiger partial charge on any atom is 0.238 e. The number of aromatic nitrogens is 1. The van der Waals surface area contributed by atoms with E-state index in [0.717, 1.165) is 34.4 Å². The molecule has 1 aromatic heterocycles. The third-order valence-electron chi connectivity index (χ3n) is 2.80. The van der Waals surface area contributed by atoms with Crippen LogP contribution in [-0.4, -0.2) is 11.5 Å². The summed E-state index contributed by atoms with van der Waals surface area (Å²) in [5.41, 5.74) is 2.07. The van der Waals surface area contributed by atoms with Crippen molar-refractivity contribution in [1.82, 2.24) is 10.3 Å². The highest BCUT2D eigenvalue weighted by Crippen LogP contribution is 2.31. The first kappa shape index (κ1) is 15.3. The molecule has 0 bridgehead atoms. The van der Waals surface area contributed by atoms with Crippen LogP contribution in [0.3, 0.4) is 0 Å². The molecule has 0 saturated carbocycles. The van der Waals surface area contributed by atoms with Crippen LogP contribution in [0.1, 0.15) is 18.1 Å². The van der Waals surface area contributed by atoms with Crippen molar-refractivity contribution in [3.63, 3.8) is 0 Å². The number of hydrogen-bond donors (Lipinski definition) is 1. The number of nitrogens with zero attached hydrogens (tertiary/aromatic N) is 1. The van der Waals surface area contributed by atoms with Crippen molar-refractivity contribution in [3.8, 4) is 11.6 Å². The topological polar surface area (TPSA) is 34.2 Å². The molecular weight excluding hydrogens is 340 g/mol. The fourth-order valence-corrected chi connectivity index (χ4v) is 2.26. The highest BCUT2D eigenvalue weighted by molar-refractivity contribution is 9.10. The van der Waals surface area contributed by atoms with E-state index in [0.29, 0.717) is 10.9 Å². The van der Waals surface area contributed by atoms with Crippen LogP contribution in [-0.2, 0) is 6.54 Å². The lowest BCUT2D eigenvalue weighted by Gasteiger charge is -2.10. The second kappa shape index (κ2) is 7.07. The van der Waals surface area contributed by atoms with Crippen LogP contribution in [0.2, 0.25) is 5.02 Å². The van der Waals surface area contributed by atoms with Gasteiger partial charge in [0.05, 0.1) is 0 Å². The molecule has 0 unspecified atom stereocenters. The molecule has 1 aromatic carbocycles. The molecule has 106 valence electrons. The Morgan fingerprint density at radius 2 is 2.15 bits per heavy atom. The highest BCUT2D eigenvalue weighted by Gasteiger charge is 2.08. The van der Waals surface area contributed by atoms with E-state index in [-0.39, 0.29) is 0 Å². The first-order valence-corrected chi connectivity index (χ1v) is 7.56. The number of benzene rings is 1. The van der Waals surface area contributed by atoms with Crippen molar-refractivity contribution in [2.75, 3.05) is 6.54 Å². The van der Waals surface area contributed by atoms with Gasteiger partial charge >= 0.3 is 0 Å². The quantitative estimate of drug-likeness (QED) is 0.843. The summed E-state index contributed by atoms with van der Waals surface area (Å²) in [4.78, 5) is 4.29. The summed E-state index contributed by atoms with van der Waals surface area (Å²) in [6, 6.07) is 7.73. The van der Waals surface area contributed by atoms with Crippen molar-refractivity contribution in [3.05, 3.63) is 51.1 Å². The normalized spacial score (nSPS) is 10.6. The van der Waals surface area contributed by atoms with Gasteiger partial charge in [-0.15, -0.1) is 0 Å². The summed E-state index contributed by atoms with van der Waals surface area (Å²) in [6.07, 6.45) is 1.77. The molecule has 5 heteroatoms. The Labute approximate surface area is 132 Å². The van der Waals surface area contributed by atoms with Crippen LogP contribution in [0.4, 0.5) is 0 Å². The fourth-order valence-electron chi connectivity index (χ4n) is 1.69. The number of ether oxygens (including phenoxy) is 1. The molecule has 0 spiro atoms. The first-order valence-electron chi connectivity index (χ1n) is 6.39. The molecule has 0 aliphatic rings. The molecule has 0 saturated heterocycles. The molecule has 0 atom stereocenters. The number of pyridine rings is 1. The number of nitrogens with one attached hydrogen (secondary N) is 1. The summed E-state index contributed by atoms with van der Waals surface area (Å²) in [7, 11) is 0. The molecule has 0 aliphatic carbocycles. The van der Waals surface area contributed by atoms with E-state index < -0.39 is 0 Å². The molecule has 20 heavy (non-hydrogen) atoms. The standard InChI is InChI=1S/C15H16BrClN2O/c1-3-18-8-11-6-13(17)15(19-9-11)20-14-7-12(16)5-4-10(14)2/h4-7,9,18H,3,8H2,1-2H3. The van der Waals surface area contributed by atoms with Gasteiger partial charge in [-0.05, 0) is 42.8 Å². The lowest BCUT2D eigenvalue weighted by molar-refractivity contribution is 0.459. The molecule has 1 N–H and O–H groups in total. The Kier molecular flexibility index (Phi) is 5.40. The minimum Gasteiger partial charge on any atom is -0.437 e. The van der Waals surface area contributed by atoms with Gasteiger partial charge in [0.1, 0.15) is 10.8 Å². The predicted molar refractivity (Wildman–Crippen MR) is 85.6 cm³/mol. The number of hydrogen-bond acceptors (Lipinski definition) is 3. The van der Waals surface area contributed by atoms with E-state index in [1.807, 2.05) is 31.2 Å². The Balaban J connectivity index is 2.19. The lowest BCUT2D eigenvalue weighted by atomic mass is 10.2. The summed E-state index contributed by atoms with van der Waals surface area (Å²) in [5, 5.41) is 3.75. The van der Waals surface area contributed by atoms with Crippen LogP contribution in [0, 0.1) is 6.92 Å². The number of halogens is 2. The zero-order valence-electron chi connectivity index (χ0n) is 11.4. The number of rotatable bonds is 5. The second-order valence-electron chi connectivity index (χ2n) is 4.42. The Hall–Kier alpha value is -1.10. The SMILES string of the molecule is CCNCc1cnc(Oc2cc(Br)ccc2C)c(Cl)c1. The molecule has 0 aliphatic heterocycles. The van der Waals surface area contributed by atoms with Crippen molar-refractivity contribution in [1.29, 1.82) is 0 Å². The van der Waals surface area contributed by atoms with Gasteiger partial charge in [-0.3, -0.25) is 0 Å². The molecule has 0 fully saturated rings. The Morgan fingerprint density at radius 1 is 1.35 bits per heavy atom. The molecule has 0 amide bonds. The van der Waals surface area contributed by atoms with E-state index in [4.69, 9.17) is 16.3 Å². The number of aryl methyl sites for hydroxylation is 1. The summed E-state index contributed by atoms with van der Waals surface area (Å²) < 4.78 is 6.74. The second-order valence-corrected chi connectivity index (χ2v) is 5.75. The summed E-state index contributed by atoms with van der Waals surface area (Å²) in [6.45, 7) is 5.70. The van der Waals surface area contributed by atoms with Crippen LogP contribution in [0.5, 0.6) is 11.6 Å². The maximum absolute atomic E-state index is 6.22. The average molecular weight is 356 g/mol. The monoisotopic (exact) mass is 354 g/mol. The van der Waals surface area contributed by atoms with Gasteiger partial charge in [-0.1, -0.05) is 40.5 Å². The van der Waals surface area contributed by atoms with Crippen molar-refractivity contribution in [2.45, 2.75) is 20.4 Å². The summed E-state index contributed by atoms with van der Waals surface area (Å²) in [5.74, 6) is 1.17. The van der Waals surface area contributed by atoms with E-state index in [9.17, 15) is 0 Å². The van der Waals surface area contributed by atoms with Gasteiger partial charge in [0.15, 0.2) is 0 Å². The minimum atomic E-state index is 0.424. The van der Waals surface area contributed by atoms with Gasteiger partial charge in [0.2, 0.25) is 5.88 Å². The zero-order valence-corrected chi connectivity index (χ0v) is 13.8. The van der Waals surface area contributed by atoms with Crippen LogP contribution in [0.15, 0.2) is 34.9 Å².